The van der Waals surface area contributed by atoms with Gasteiger partial charge in [-0.3, -0.25) is 9.36 Å². The summed E-state index contributed by atoms with van der Waals surface area (Å²) < 4.78 is 19.1. The molecule has 7 nitrogen and oxygen atoms in total. The number of ether oxygens (including phenoxy) is 3. The number of carbonyl (C=O) groups excluding carboxylic acids is 1. The van der Waals surface area contributed by atoms with Gasteiger partial charge in [-0.2, -0.15) is 0 Å². The van der Waals surface area contributed by atoms with Crippen molar-refractivity contribution < 1.29 is 19.0 Å². The molecule has 6 rings (SSSR count). The maximum atomic E-state index is 14.1. The molecule has 0 amide bonds. The summed E-state index contributed by atoms with van der Waals surface area (Å²) in [5, 5.41) is 2.58. The summed E-state index contributed by atoms with van der Waals surface area (Å²) in [6, 6.07) is 26.1. The highest BCUT2D eigenvalue weighted by atomic mass is 35.5. The average molecular weight is 625 g/mol. The lowest BCUT2D eigenvalue weighted by molar-refractivity contribution is -0.139. The lowest BCUT2D eigenvalue weighted by Gasteiger charge is -2.25. The molecule has 5 aromatic rings. The number of halogens is 1. The zero-order valence-corrected chi connectivity index (χ0v) is 25.9. The van der Waals surface area contributed by atoms with Crippen molar-refractivity contribution in [2.45, 2.75) is 26.5 Å². The van der Waals surface area contributed by atoms with Gasteiger partial charge in [-0.15, -0.1) is 0 Å². The number of hydrogen-bond acceptors (Lipinski definition) is 7. The first-order chi connectivity index (χ1) is 21.4. The van der Waals surface area contributed by atoms with Gasteiger partial charge in [-0.05, 0) is 60.0 Å². The predicted molar refractivity (Wildman–Crippen MR) is 173 cm³/mol. The zero-order valence-electron chi connectivity index (χ0n) is 24.4. The molecule has 0 fully saturated rings. The molecule has 1 atom stereocenters. The Bertz CT molecular complexity index is 2110. The van der Waals surface area contributed by atoms with Crippen LogP contribution in [0.15, 0.2) is 106 Å². The van der Waals surface area contributed by atoms with Crippen LogP contribution in [0.4, 0.5) is 0 Å². The molecule has 0 spiro atoms. The molecule has 4 aromatic carbocycles. The van der Waals surface area contributed by atoms with E-state index in [4.69, 9.17) is 30.8 Å². The molecule has 222 valence electrons. The molecule has 0 saturated carbocycles. The van der Waals surface area contributed by atoms with Crippen molar-refractivity contribution in [2.75, 3.05) is 13.7 Å². The summed E-state index contributed by atoms with van der Waals surface area (Å²) in [5.41, 5.74) is 3.06. The van der Waals surface area contributed by atoms with Crippen molar-refractivity contribution in [3.05, 3.63) is 138 Å². The summed E-state index contributed by atoms with van der Waals surface area (Å²) in [6.45, 7) is 4.04. The molecule has 0 radical (unpaired) electrons. The molecule has 1 aromatic heterocycles. The van der Waals surface area contributed by atoms with E-state index in [1.165, 1.54) is 11.3 Å². The Hall–Kier alpha value is -4.66. The van der Waals surface area contributed by atoms with E-state index in [1.54, 1.807) is 37.7 Å². The molecule has 0 N–H and O–H groups in total. The summed E-state index contributed by atoms with van der Waals surface area (Å²) in [4.78, 5) is 32.7. The number of carbonyl (C=O) groups is 1. The normalized spacial score (nSPS) is 14.7. The highest BCUT2D eigenvalue weighted by Gasteiger charge is 2.34. The lowest BCUT2D eigenvalue weighted by atomic mass is 9.91. The first-order valence-electron chi connectivity index (χ1n) is 14.1. The molecule has 1 unspecified atom stereocenters. The maximum absolute atomic E-state index is 14.1. The molecule has 44 heavy (non-hydrogen) atoms. The second-order valence-electron chi connectivity index (χ2n) is 10.2. The molecular formula is C35H29ClN2O5S. The summed E-state index contributed by atoms with van der Waals surface area (Å²) >= 11 is 7.56. The highest BCUT2D eigenvalue weighted by Crippen LogP contribution is 2.35. The SMILES string of the molecule is CCOC(=O)C1=C(C)N=c2s/c(=C\c3ccc(OCc4ccccc4Cl)c(OC)c3)c(=O)n2C1c1cccc2ccccc12. The number of fused-ring (bicyclic) bond motifs is 2. The first-order valence-corrected chi connectivity index (χ1v) is 15.3. The standard InChI is InChI=1S/C35H29ClN2O5S/c1-4-42-34(40)31-21(2)37-35-38(32(31)26-14-9-12-23-10-5-7-13-25(23)26)33(39)30(44-35)19-22-16-17-28(29(18-22)41-3)43-20-24-11-6-8-15-27(24)36/h5-19,32H,4,20H2,1-3H3/b30-19-. The second kappa shape index (κ2) is 12.5. The average Bonchev–Trinajstić information content (AvgIpc) is 3.33. The Morgan fingerprint density at radius 2 is 1.80 bits per heavy atom. The number of aromatic nitrogens is 1. The van der Waals surface area contributed by atoms with Gasteiger partial charge >= 0.3 is 5.97 Å². The van der Waals surface area contributed by atoms with Crippen molar-refractivity contribution >= 4 is 45.8 Å². The summed E-state index contributed by atoms with van der Waals surface area (Å²) in [7, 11) is 1.57. The molecule has 0 bridgehead atoms. The van der Waals surface area contributed by atoms with Crippen LogP contribution in [-0.2, 0) is 16.1 Å². The van der Waals surface area contributed by atoms with Gasteiger partial charge in [0.15, 0.2) is 16.3 Å². The fraction of sp³-hybridized carbons (Fsp3) is 0.171. The number of thiazole rings is 1. The lowest BCUT2D eigenvalue weighted by Crippen LogP contribution is -2.40. The molecule has 2 heterocycles. The van der Waals surface area contributed by atoms with Gasteiger partial charge in [0.2, 0.25) is 0 Å². The zero-order chi connectivity index (χ0) is 30.8. The number of methoxy groups -OCH3 is 1. The Kier molecular flexibility index (Phi) is 8.37. The molecular weight excluding hydrogens is 596 g/mol. The minimum absolute atomic E-state index is 0.211. The minimum Gasteiger partial charge on any atom is -0.493 e. The van der Waals surface area contributed by atoms with E-state index in [9.17, 15) is 9.59 Å². The third-order valence-corrected chi connectivity index (χ3v) is 8.81. The van der Waals surface area contributed by atoms with E-state index in [-0.39, 0.29) is 18.8 Å². The van der Waals surface area contributed by atoms with Crippen LogP contribution in [0.3, 0.4) is 0 Å². The van der Waals surface area contributed by atoms with Crippen molar-refractivity contribution in [2.24, 2.45) is 4.99 Å². The molecule has 0 aliphatic carbocycles. The van der Waals surface area contributed by atoms with Gasteiger partial charge < -0.3 is 14.2 Å². The minimum atomic E-state index is -0.700. The Morgan fingerprint density at radius 3 is 2.59 bits per heavy atom. The topological polar surface area (TPSA) is 79.1 Å². The largest absolute Gasteiger partial charge is 0.493 e. The van der Waals surface area contributed by atoms with Gasteiger partial charge in [0.05, 0.1) is 35.6 Å². The molecule has 1 aliphatic heterocycles. The van der Waals surface area contributed by atoms with E-state index in [2.05, 4.69) is 0 Å². The van der Waals surface area contributed by atoms with Crippen LogP contribution in [0.2, 0.25) is 5.02 Å². The fourth-order valence-electron chi connectivity index (χ4n) is 5.39. The quantitative estimate of drug-likeness (QED) is 0.192. The van der Waals surface area contributed by atoms with Gasteiger partial charge in [0.25, 0.3) is 5.56 Å². The van der Waals surface area contributed by atoms with Crippen LogP contribution in [0.5, 0.6) is 11.5 Å². The maximum Gasteiger partial charge on any atom is 0.338 e. The van der Waals surface area contributed by atoms with E-state index in [0.717, 1.165) is 27.5 Å². The molecule has 9 heteroatoms. The molecule has 0 saturated heterocycles. The summed E-state index contributed by atoms with van der Waals surface area (Å²) in [6.07, 6.45) is 1.80. The van der Waals surface area contributed by atoms with Gasteiger partial charge in [-0.25, -0.2) is 9.79 Å². The molecule has 1 aliphatic rings. The van der Waals surface area contributed by atoms with E-state index >= 15 is 0 Å². The van der Waals surface area contributed by atoms with Gasteiger partial charge in [-0.1, -0.05) is 89.7 Å². The van der Waals surface area contributed by atoms with Crippen LogP contribution < -0.4 is 24.4 Å². The van der Waals surface area contributed by atoms with E-state index in [1.807, 2.05) is 78.9 Å². The number of allylic oxidation sites excluding steroid dienone is 1. The fourth-order valence-corrected chi connectivity index (χ4v) is 6.63. The van der Waals surface area contributed by atoms with Gasteiger partial charge in [0, 0.05) is 10.6 Å². The van der Waals surface area contributed by atoms with Gasteiger partial charge in [0.1, 0.15) is 6.61 Å². The van der Waals surface area contributed by atoms with Crippen LogP contribution >= 0.6 is 22.9 Å². The Morgan fingerprint density at radius 1 is 1.02 bits per heavy atom. The second-order valence-corrected chi connectivity index (χ2v) is 11.6. The monoisotopic (exact) mass is 624 g/mol. The third-order valence-electron chi connectivity index (χ3n) is 7.46. The van der Waals surface area contributed by atoms with Crippen molar-refractivity contribution in [3.63, 3.8) is 0 Å². The number of esters is 1. The predicted octanol–water partition coefficient (Wildman–Crippen LogP) is 6.19. The number of rotatable bonds is 8. The van der Waals surface area contributed by atoms with Crippen molar-refractivity contribution in [1.82, 2.24) is 4.57 Å². The summed E-state index contributed by atoms with van der Waals surface area (Å²) in [5.74, 6) is 0.586. The van der Waals surface area contributed by atoms with E-state index < -0.39 is 12.0 Å². The van der Waals surface area contributed by atoms with Crippen LogP contribution in [0, 0.1) is 0 Å². The number of benzene rings is 4. The number of nitrogens with zero attached hydrogens (tertiary/aromatic N) is 2. The highest BCUT2D eigenvalue weighted by molar-refractivity contribution is 7.07. The van der Waals surface area contributed by atoms with Crippen LogP contribution in [0.25, 0.3) is 16.8 Å². The smallest absolute Gasteiger partial charge is 0.338 e. The Balaban J connectivity index is 1.44. The van der Waals surface area contributed by atoms with Crippen molar-refractivity contribution in [3.8, 4) is 11.5 Å². The first kappa shape index (κ1) is 29.4. The number of hydrogen-bond donors (Lipinski definition) is 0. The van der Waals surface area contributed by atoms with Crippen LogP contribution in [0.1, 0.15) is 36.6 Å². The van der Waals surface area contributed by atoms with E-state index in [0.29, 0.717) is 37.1 Å². The Labute approximate surface area is 262 Å². The van der Waals surface area contributed by atoms with Crippen molar-refractivity contribution in [1.29, 1.82) is 0 Å². The third kappa shape index (κ3) is 5.54. The van der Waals surface area contributed by atoms with Crippen LogP contribution in [-0.4, -0.2) is 24.3 Å².